The summed E-state index contributed by atoms with van der Waals surface area (Å²) >= 11 is 0. The Balaban J connectivity index is 1.65. The maximum atomic E-state index is 13.1. The number of hydrogen-bond acceptors (Lipinski definition) is 5. The van der Waals surface area contributed by atoms with Gasteiger partial charge in [-0.05, 0) is 38.8 Å². The van der Waals surface area contributed by atoms with Gasteiger partial charge in [0.15, 0.2) is 6.10 Å². The Morgan fingerprint density at radius 2 is 1.61 bits per heavy atom. The minimum absolute atomic E-state index is 0.421. The van der Waals surface area contributed by atoms with Crippen molar-refractivity contribution in [2.45, 2.75) is 57.9 Å². The lowest BCUT2D eigenvalue weighted by atomic mass is 9.81. The molecule has 3 amide bonds. The number of ether oxygens (including phenoxy) is 1. The number of fused-ring (bicyclic) bond motifs is 1. The molecule has 7 nitrogen and oxygen atoms in total. The number of benzene rings is 1. The maximum absolute atomic E-state index is 13.1. The third-order valence-electron chi connectivity index (χ3n) is 5.76. The second kappa shape index (κ2) is 8.68. The summed E-state index contributed by atoms with van der Waals surface area (Å²) in [6.07, 6.45) is -3.26. The molecule has 31 heavy (non-hydrogen) atoms. The highest BCUT2D eigenvalue weighted by molar-refractivity contribution is 6.08. The first kappa shape index (κ1) is 22.8. The summed E-state index contributed by atoms with van der Waals surface area (Å²) in [5, 5.41) is 2.11. The molecule has 3 unspecified atom stereocenters. The Morgan fingerprint density at radius 3 is 2.16 bits per heavy atom. The van der Waals surface area contributed by atoms with E-state index in [1.54, 1.807) is 0 Å². The molecule has 2 fully saturated rings. The maximum Gasteiger partial charge on any atom is 0.418 e. The van der Waals surface area contributed by atoms with E-state index in [0.717, 1.165) is 29.9 Å². The smallest absolute Gasteiger partial charge is 0.418 e. The fourth-order valence-corrected chi connectivity index (χ4v) is 4.07. The molecule has 4 atom stereocenters. The summed E-state index contributed by atoms with van der Waals surface area (Å²) in [7, 11) is 0. The predicted octanol–water partition coefficient (Wildman–Crippen LogP) is 3.14. The number of rotatable bonds is 5. The van der Waals surface area contributed by atoms with Gasteiger partial charge in [0, 0.05) is 0 Å². The fraction of sp³-hybridized carbons (Fsp3) is 0.524. The van der Waals surface area contributed by atoms with Crippen LogP contribution in [0.5, 0.6) is 0 Å². The van der Waals surface area contributed by atoms with Crippen molar-refractivity contribution in [1.29, 1.82) is 0 Å². The lowest BCUT2D eigenvalue weighted by molar-refractivity contribution is -0.163. The van der Waals surface area contributed by atoms with Crippen molar-refractivity contribution in [1.82, 2.24) is 4.90 Å². The van der Waals surface area contributed by atoms with Gasteiger partial charge < -0.3 is 10.1 Å². The molecule has 1 aromatic rings. The molecule has 1 N–H and O–H groups in total. The molecule has 1 saturated carbocycles. The van der Waals surface area contributed by atoms with E-state index in [2.05, 4.69) is 5.32 Å². The molecule has 168 valence electrons. The van der Waals surface area contributed by atoms with Crippen LogP contribution < -0.4 is 5.32 Å². The van der Waals surface area contributed by atoms with Crippen molar-refractivity contribution in [2.75, 3.05) is 5.32 Å². The average Bonchev–Trinajstić information content (AvgIpc) is 2.97. The number of nitrogens with zero attached hydrogens (tertiary/aromatic N) is 1. The molecular formula is C21H23F3N2O5. The van der Waals surface area contributed by atoms with E-state index in [9.17, 15) is 32.3 Å². The van der Waals surface area contributed by atoms with E-state index < -0.39 is 65.1 Å². The van der Waals surface area contributed by atoms with Crippen LogP contribution in [0, 0.1) is 11.8 Å². The number of carbonyl (C=O) groups excluding carboxylic acids is 4. The number of anilines is 1. The Kier molecular flexibility index (Phi) is 6.38. The van der Waals surface area contributed by atoms with E-state index in [1.165, 1.54) is 26.0 Å². The SMILES string of the molecule is CC(OC(=O)[C@H](C)N1C(=O)C2CCCCC2C1=O)C(=O)Nc1ccccc1C(F)(F)F. The molecule has 3 rings (SSSR count). The summed E-state index contributed by atoms with van der Waals surface area (Å²) in [4.78, 5) is 50.9. The zero-order chi connectivity index (χ0) is 22.9. The second-order valence-electron chi connectivity index (χ2n) is 7.83. The predicted molar refractivity (Wildman–Crippen MR) is 102 cm³/mol. The third-order valence-corrected chi connectivity index (χ3v) is 5.76. The van der Waals surface area contributed by atoms with Gasteiger partial charge >= 0.3 is 12.1 Å². The molecule has 1 aliphatic carbocycles. The van der Waals surface area contributed by atoms with Gasteiger partial charge in [0.25, 0.3) is 5.91 Å². The Labute approximate surface area is 176 Å². The zero-order valence-corrected chi connectivity index (χ0v) is 17.1. The van der Waals surface area contributed by atoms with Crippen LogP contribution in [0.15, 0.2) is 24.3 Å². The Morgan fingerprint density at radius 1 is 1.06 bits per heavy atom. The standard InChI is InChI=1S/C21H23F3N2O5/c1-11(26-18(28)13-7-3-4-8-14(13)19(26)29)20(30)31-12(2)17(27)25-16-10-6-5-9-15(16)21(22,23)24/h5-6,9-14H,3-4,7-8H2,1-2H3,(H,25,27)/t11-,12?,13?,14?/m0/s1. The number of halogens is 3. The number of carbonyl (C=O) groups is 4. The van der Waals surface area contributed by atoms with Crippen molar-refractivity contribution in [2.24, 2.45) is 11.8 Å². The minimum Gasteiger partial charge on any atom is -0.451 e. The lowest BCUT2D eigenvalue weighted by Gasteiger charge is -2.23. The van der Waals surface area contributed by atoms with E-state index in [1.807, 2.05) is 0 Å². The number of imide groups is 1. The number of esters is 1. The van der Waals surface area contributed by atoms with E-state index in [4.69, 9.17) is 4.74 Å². The van der Waals surface area contributed by atoms with Crippen LogP contribution in [0.2, 0.25) is 0 Å². The molecule has 0 spiro atoms. The van der Waals surface area contributed by atoms with E-state index >= 15 is 0 Å². The topological polar surface area (TPSA) is 92.8 Å². The summed E-state index contributed by atoms with van der Waals surface area (Å²) in [6, 6.07) is 3.18. The average molecular weight is 440 g/mol. The molecule has 1 aliphatic heterocycles. The van der Waals surface area contributed by atoms with Crippen LogP contribution in [0.25, 0.3) is 0 Å². The van der Waals surface area contributed by atoms with Crippen molar-refractivity contribution >= 4 is 29.4 Å². The summed E-state index contributed by atoms with van der Waals surface area (Å²) in [5.74, 6) is -3.66. The fourth-order valence-electron chi connectivity index (χ4n) is 4.07. The molecule has 1 aromatic carbocycles. The van der Waals surface area contributed by atoms with Gasteiger partial charge in [-0.1, -0.05) is 25.0 Å². The number of para-hydroxylation sites is 1. The second-order valence-corrected chi connectivity index (χ2v) is 7.83. The van der Waals surface area contributed by atoms with Crippen molar-refractivity contribution < 1.29 is 37.1 Å². The first-order valence-corrected chi connectivity index (χ1v) is 10.1. The molecule has 0 bridgehead atoms. The van der Waals surface area contributed by atoms with Crippen LogP contribution in [0.4, 0.5) is 18.9 Å². The number of likely N-dealkylation sites (tertiary alicyclic amines) is 1. The van der Waals surface area contributed by atoms with Crippen LogP contribution >= 0.6 is 0 Å². The van der Waals surface area contributed by atoms with Gasteiger partial charge in [-0.2, -0.15) is 13.2 Å². The number of amides is 3. The highest BCUT2D eigenvalue weighted by atomic mass is 19.4. The van der Waals surface area contributed by atoms with Gasteiger partial charge in [-0.15, -0.1) is 0 Å². The van der Waals surface area contributed by atoms with E-state index in [-0.39, 0.29) is 0 Å². The van der Waals surface area contributed by atoms with Crippen molar-refractivity contribution in [3.63, 3.8) is 0 Å². The van der Waals surface area contributed by atoms with Crippen LogP contribution in [-0.4, -0.2) is 40.7 Å². The quantitative estimate of drug-likeness (QED) is 0.561. The first-order chi connectivity index (χ1) is 14.5. The summed E-state index contributed by atoms with van der Waals surface area (Å²) in [5.41, 5.74) is -1.50. The highest BCUT2D eigenvalue weighted by Gasteiger charge is 2.51. The van der Waals surface area contributed by atoms with E-state index in [0.29, 0.717) is 12.8 Å². The zero-order valence-electron chi connectivity index (χ0n) is 17.1. The Hall–Kier alpha value is -2.91. The lowest BCUT2D eigenvalue weighted by Crippen LogP contribution is -2.46. The van der Waals surface area contributed by atoms with Gasteiger partial charge in [0.1, 0.15) is 6.04 Å². The van der Waals surface area contributed by atoms with Crippen molar-refractivity contribution in [3.8, 4) is 0 Å². The third kappa shape index (κ3) is 4.57. The van der Waals surface area contributed by atoms with Gasteiger partial charge in [-0.3, -0.25) is 19.3 Å². The Bertz CT molecular complexity index is 877. The molecule has 1 saturated heterocycles. The largest absolute Gasteiger partial charge is 0.451 e. The molecule has 10 heteroatoms. The number of nitrogens with one attached hydrogen (secondary N) is 1. The number of hydrogen-bond donors (Lipinski definition) is 1. The normalized spacial score (nSPS) is 23.2. The highest BCUT2D eigenvalue weighted by Crippen LogP contribution is 2.39. The van der Waals surface area contributed by atoms with Gasteiger partial charge in [-0.25, -0.2) is 4.79 Å². The van der Waals surface area contributed by atoms with Gasteiger partial charge in [0.05, 0.1) is 23.1 Å². The molecule has 0 aromatic heterocycles. The molecule has 2 aliphatic rings. The molecular weight excluding hydrogens is 417 g/mol. The summed E-state index contributed by atoms with van der Waals surface area (Å²) in [6.45, 7) is 2.53. The minimum atomic E-state index is -4.68. The van der Waals surface area contributed by atoms with Gasteiger partial charge in [0.2, 0.25) is 11.8 Å². The van der Waals surface area contributed by atoms with Crippen LogP contribution in [-0.2, 0) is 30.1 Å². The molecule has 0 radical (unpaired) electrons. The number of alkyl halides is 3. The van der Waals surface area contributed by atoms with Crippen LogP contribution in [0.1, 0.15) is 45.1 Å². The van der Waals surface area contributed by atoms with Crippen molar-refractivity contribution in [3.05, 3.63) is 29.8 Å². The summed E-state index contributed by atoms with van der Waals surface area (Å²) < 4.78 is 44.3. The molecule has 1 heterocycles. The first-order valence-electron chi connectivity index (χ1n) is 10.1. The monoisotopic (exact) mass is 440 g/mol. The van der Waals surface area contributed by atoms with Crippen LogP contribution in [0.3, 0.4) is 0 Å².